The SMILES string of the molecule is Nc1nc(-c2ccc(F)c3ccccc23)cc(N2CCN(C(=O)CCC(=O)O)CC2)n1. The molecule has 3 aromatic rings. The molecule has 0 aliphatic carbocycles. The van der Waals surface area contributed by atoms with Crippen LogP contribution in [0.15, 0.2) is 42.5 Å². The van der Waals surface area contributed by atoms with Gasteiger partial charge in [0, 0.05) is 49.6 Å². The van der Waals surface area contributed by atoms with E-state index in [1.165, 1.54) is 6.07 Å². The molecular weight excluding hydrogens is 401 g/mol. The molecule has 1 saturated heterocycles. The molecule has 4 rings (SSSR count). The van der Waals surface area contributed by atoms with Crippen molar-refractivity contribution >= 4 is 34.4 Å². The molecule has 3 N–H and O–H groups in total. The average Bonchev–Trinajstić information content (AvgIpc) is 2.77. The number of nitrogens with two attached hydrogens (primary N) is 1. The standard InChI is InChI=1S/C22H22FN5O3/c23-17-6-5-16(14-3-1-2-4-15(14)17)18-13-19(26-22(24)25-18)27-9-11-28(12-10-27)20(29)7-8-21(30)31/h1-6,13H,7-12H2,(H,30,31)(H2,24,25,26). The zero-order chi connectivity index (χ0) is 22.0. The number of rotatable bonds is 5. The minimum atomic E-state index is -0.982. The van der Waals surface area contributed by atoms with Gasteiger partial charge >= 0.3 is 5.97 Å². The molecule has 0 saturated carbocycles. The summed E-state index contributed by atoms with van der Waals surface area (Å²) in [6.07, 6.45) is -0.173. The molecule has 160 valence electrons. The van der Waals surface area contributed by atoms with Crippen LogP contribution in [0.2, 0.25) is 0 Å². The maximum atomic E-state index is 14.2. The third-order valence-electron chi connectivity index (χ3n) is 5.39. The zero-order valence-electron chi connectivity index (χ0n) is 16.8. The maximum Gasteiger partial charge on any atom is 0.303 e. The van der Waals surface area contributed by atoms with Crippen molar-refractivity contribution in [3.05, 3.63) is 48.3 Å². The Labute approximate surface area is 178 Å². The second kappa shape index (κ2) is 8.55. The first-order valence-electron chi connectivity index (χ1n) is 9.99. The number of benzene rings is 2. The number of halogens is 1. The molecular formula is C22H22FN5O3. The Kier molecular flexibility index (Phi) is 5.66. The number of carbonyl (C=O) groups excluding carboxylic acids is 1. The molecule has 8 nitrogen and oxygen atoms in total. The number of fused-ring (bicyclic) bond motifs is 1. The highest BCUT2D eigenvalue weighted by atomic mass is 19.1. The van der Waals surface area contributed by atoms with Gasteiger partial charge in [-0.2, -0.15) is 4.98 Å². The second-order valence-electron chi connectivity index (χ2n) is 7.37. The number of aliphatic carboxylic acids is 1. The fraction of sp³-hybridized carbons (Fsp3) is 0.273. The number of hydrogen-bond acceptors (Lipinski definition) is 6. The van der Waals surface area contributed by atoms with Crippen LogP contribution >= 0.6 is 0 Å². The Bertz CT molecular complexity index is 1150. The maximum absolute atomic E-state index is 14.2. The normalized spacial score (nSPS) is 14.1. The van der Waals surface area contributed by atoms with E-state index >= 15 is 0 Å². The predicted molar refractivity (Wildman–Crippen MR) is 115 cm³/mol. The van der Waals surface area contributed by atoms with E-state index in [1.807, 2.05) is 23.1 Å². The van der Waals surface area contributed by atoms with Gasteiger partial charge in [0.05, 0.1) is 12.1 Å². The van der Waals surface area contributed by atoms with Crippen molar-refractivity contribution in [1.29, 1.82) is 0 Å². The quantitative estimate of drug-likeness (QED) is 0.648. The topological polar surface area (TPSA) is 113 Å². The van der Waals surface area contributed by atoms with Gasteiger partial charge in [0.2, 0.25) is 11.9 Å². The van der Waals surface area contributed by atoms with Crippen molar-refractivity contribution in [3.63, 3.8) is 0 Å². The van der Waals surface area contributed by atoms with Gasteiger partial charge in [0.1, 0.15) is 11.6 Å². The van der Waals surface area contributed by atoms with E-state index in [1.54, 1.807) is 23.1 Å². The van der Waals surface area contributed by atoms with E-state index in [0.29, 0.717) is 43.1 Å². The van der Waals surface area contributed by atoms with Crippen LogP contribution in [0.25, 0.3) is 22.0 Å². The number of nitrogen functional groups attached to an aromatic ring is 1. The number of carboxylic acid groups (broad SMARTS) is 1. The van der Waals surface area contributed by atoms with Crippen molar-refractivity contribution in [2.24, 2.45) is 0 Å². The Morgan fingerprint density at radius 2 is 1.71 bits per heavy atom. The van der Waals surface area contributed by atoms with Gasteiger partial charge in [-0.05, 0) is 17.5 Å². The highest BCUT2D eigenvalue weighted by Gasteiger charge is 2.23. The molecule has 0 radical (unpaired) electrons. The van der Waals surface area contributed by atoms with E-state index in [-0.39, 0.29) is 30.5 Å². The smallest absolute Gasteiger partial charge is 0.303 e. The molecule has 1 aromatic heterocycles. The van der Waals surface area contributed by atoms with Crippen molar-refractivity contribution in [1.82, 2.24) is 14.9 Å². The molecule has 0 unspecified atom stereocenters. The van der Waals surface area contributed by atoms with Gasteiger partial charge in [0.25, 0.3) is 0 Å². The van der Waals surface area contributed by atoms with Gasteiger partial charge in [-0.3, -0.25) is 9.59 Å². The van der Waals surface area contributed by atoms with Crippen LogP contribution in [0.1, 0.15) is 12.8 Å². The first-order chi connectivity index (χ1) is 14.9. The first-order valence-corrected chi connectivity index (χ1v) is 9.99. The zero-order valence-corrected chi connectivity index (χ0v) is 16.8. The highest BCUT2D eigenvalue weighted by molar-refractivity contribution is 5.96. The summed E-state index contributed by atoms with van der Waals surface area (Å²) in [5.74, 6) is -0.702. The predicted octanol–water partition coefficient (Wildman–Crippen LogP) is 2.53. The summed E-state index contributed by atoms with van der Waals surface area (Å²) in [5.41, 5.74) is 7.33. The van der Waals surface area contributed by atoms with Crippen molar-refractivity contribution < 1.29 is 19.1 Å². The van der Waals surface area contributed by atoms with E-state index in [2.05, 4.69) is 9.97 Å². The minimum absolute atomic E-state index is 0.00240. The minimum Gasteiger partial charge on any atom is -0.481 e. The molecule has 31 heavy (non-hydrogen) atoms. The summed E-state index contributed by atoms with van der Waals surface area (Å²) in [6, 6.07) is 12.1. The van der Waals surface area contributed by atoms with Crippen molar-refractivity contribution in [3.8, 4) is 11.3 Å². The Morgan fingerprint density at radius 1 is 1.00 bits per heavy atom. The van der Waals surface area contributed by atoms with Crippen LogP contribution in [0.4, 0.5) is 16.2 Å². The first kappa shape index (κ1) is 20.5. The van der Waals surface area contributed by atoms with Crippen LogP contribution in [0, 0.1) is 5.82 Å². The number of nitrogens with zero attached hydrogens (tertiary/aromatic N) is 4. The van der Waals surface area contributed by atoms with E-state index < -0.39 is 5.97 Å². The van der Waals surface area contributed by atoms with Gasteiger partial charge in [-0.15, -0.1) is 0 Å². The van der Waals surface area contributed by atoms with E-state index in [4.69, 9.17) is 10.8 Å². The number of piperazine rings is 1. The van der Waals surface area contributed by atoms with Crippen LogP contribution in [0.5, 0.6) is 0 Å². The molecule has 0 bridgehead atoms. The second-order valence-corrected chi connectivity index (χ2v) is 7.37. The number of amides is 1. The van der Waals surface area contributed by atoms with E-state index in [9.17, 15) is 14.0 Å². The summed E-state index contributed by atoms with van der Waals surface area (Å²) in [5, 5.41) is 10.00. The lowest BCUT2D eigenvalue weighted by Gasteiger charge is -2.35. The van der Waals surface area contributed by atoms with Crippen LogP contribution in [-0.2, 0) is 9.59 Å². The van der Waals surface area contributed by atoms with Crippen molar-refractivity contribution in [2.45, 2.75) is 12.8 Å². The van der Waals surface area contributed by atoms with Crippen LogP contribution in [-0.4, -0.2) is 58.0 Å². The fourth-order valence-electron chi connectivity index (χ4n) is 3.80. The van der Waals surface area contributed by atoms with Gasteiger partial charge < -0.3 is 20.6 Å². The molecule has 1 aliphatic heterocycles. The van der Waals surface area contributed by atoms with Crippen molar-refractivity contribution in [2.75, 3.05) is 36.8 Å². The lowest BCUT2D eigenvalue weighted by molar-refractivity contribution is -0.141. The largest absolute Gasteiger partial charge is 0.481 e. The van der Waals surface area contributed by atoms with E-state index in [0.717, 1.165) is 10.9 Å². The Balaban J connectivity index is 1.56. The van der Waals surface area contributed by atoms with Crippen LogP contribution in [0.3, 0.4) is 0 Å². The molecule has 1 aliphatic rings. The molecule has 1 fully saturated rings. The third-order valence-corrected chi connectivity index (χ3v) is 5.39. The lowest BCUT2D eigenvalue weighted by Crippen LogP contribution is -2.49. The molecule has 0 spiro atoms. The molecule has 2 heterocycles. The Morgan fingerprint density at radius 3 is 2.42 bits per heavy atom. The number of hydrogen-bond donors (Lipinski definition) is 2. The lowest BCUT2D eigenvalue weighted by atomic mass is 10.0. The summed E-state index contributed by atoms with van der Waals surface area (Å²) in [7, 11) is 0. The third kappa shape index (κ3) is 4.40. The average molecular weight is 423 g/mol. The summed E-state index contributed by atoms with van der Waals surface area (Å²) in [6.45, 7) is 2.02. The molecule has 1 amide bonds. The Hall–Kier alpha value is -3.75. The summed E-state index contributed by atoms with van der Waals surface area (Å²) in [4.78, 5) is 35.2. The highest BCUT2D eigenvalue weighted by Crippen LogP contribution is 2.31. The molecule has 2 aromatic carbocycles. The van der Waals surface area contributed by atoms with Gasteiger partial charge in [-0.1, -0.05) is 24.3 Å². The summed E-state index contributed by atoms with van der Waals surface area (Å²) >= 11 is 0. The van der Waals surface area contributed by atoms with Gasteiger partial charge in [-0.25, -0.2) is 9.37 Å². The van der Waals surface area contributed by atoms with Crippen LogP contribution < -0.4 is 10.6 Å². The monoisotopic (exact) mass is 423 g/mol. The van der Waals surface area contributed by atoms with Gasteiger partial charge in [0.15, 0.2) is 0 Å². The summed E-state index contributed by atoms with van der Waals surface area (Å²) < 4.78 is 14.2. The number of anilines is 2. The molecule has 9 heteroatoms. The number of carbonyl (C=O) groups is 2. The molecule has 0 atom stereocenters. The fourth-order valence-corrected chi connectivity index (χ4v) is 3.80. The number of aromatic nitrogens is 2. The number of carboxylic acids is 1.